The number of ether oxygens (including phenoxy) is 1. The zero-order valence-electron chi connectivity index (χ0n) is 12.5. The molecule has 0 bridgehead atoms. The van der Waals surface area contributed by atoms with Gasteiger partial charge in [-0.15, -0.1) is 11.8 Å². The average Bonchev–Trinajstić information content (AvgIpc) is 2.49. The highest BCUT2D eigenvalue weighted by Gasteiger charge is 2.05. The highest BCUT2D eigenvalue weighted by Crippen LogP contribution is 2.19. The van der Waals surface area contributed by atoms with Gasteiger partial charge >= 0.3 is 5.97 Å². The molecule has 120 valence electrons. The molecule has 0 aromatic heterocycles. The summed E-state index contributed by atoms with van der Waals surface area (Å²) in [7, 11) is 0. The summed E-state index contributed by atoms with van der Waals surface area (Å²) in [6, 6.07) is 14.3. The van der Waals surface area contributed by atoms with Gasteiger partial charge in [0.2, 0.25) is 5.91 Å². The molecule has 2 rings (SSSR count). The Morgan fingerprint density at radius 3 is 2.61 bits per heavy atom. The third kappa shape index (κ3) is 6.34. The summed E-state index contributed by atoms with van der Waals surface area (Å²) in [4.78, 5) is 22.9. The van der Waals surface area contributed by atoms with Gasteiger partial charge < -0.3 is 10.1 Å². The number of carbonyl (C=O) groups is 2. The van der Waals surface area contributed by atoms with Crippen LogP contribution in [0.25, 0.3) is 0 Å². The van der Waals surface area contributed by atoms with Crippen LogP contribution in [0.2, 0.25) is 5.02 Å². The van der Waals surface area contributed by atoms with Crippen molar-refractivity contribution in [1.82, 2.24) is 0 Å². The maximum Gasteiger partial charge on any atom is 0.308 e. The Hall–Kier alpha value is -1.98. The molecule has 1 N–H and O–H groups in total. The molecule has 0 aliphatic heterocycles. The van der Waals surface area contributed by atoms with Crippen LogP contribution in [-0.4, -0.2) is 17.6 Å². The van der Waals surface area contributed by atoms with Crippen LogP contribution in [0.1, 0.15) is 12.5 Å². The van der Waals surface area contributed by atoms with Crippen LogP contribution in [0.3, 0.4) is 0 Å². The summed E-state index contributed by atoms with van der Waals surface area (Å²) < 4.78 is 4.98. The van der Waals surface area contributed by atoms with Gasteiger partial charge in [-0.25, -0.2) is 0 Å². The Bertz CT molecular complexity index is 688. The Labute approximate surface area is 144 Å². The van der Waals surface area contributed by atoms with Gasteiger partial charge in [-0.1, -0.05) is 29.8 Å². The monoisotopic (exact) mass is 349 g/mol. The summed E-state index contributed by atoms with van der Waals surface area (Å²) in [5, 5.41) is 3.48. The lowest BCUT2D eigenvalue weighted by molar-refractivity contribution is -0.131. The van der Waals surface area contributed by atoms with Crippen LogP contribution >= 0.6 is 23.4 Å². The Balaban J connectivity index is 1.80. The second-order valence-electron chi connectivity index (χ2n) is 4.79. The first-order valence-electron chi connectivity index (χ1n) is 6.93. The van der Waals surface area contributed by atoms with Crippen molar-refractivity contribution in [1.29, 1.82) is 0 Å². The van der Waals surface area contributed by atoms with Gasteiger partial charge in [-0.05, 0) is 29.8 Å². The molecule has 0 spiro atoms. The Kier molecular flexibility index (Phi) is 6.50. The quantitative estimate of drug-likeness (QED) is 0.629. The number of carbonyl (C=O) groups excluding carboxylic acids is 2. The van der Waals surface area contributed by atoms with E-state index in [2.05, 4.69) is 5.32 Å². The van der Waals surface area contributed by atoms with Crippen molar-refractivity contribution in [3.63, 3.8) is 0 Å². The van der Waals surface area contributed by atoms with Gasteiger partial charge in [0.15, 0.2) is 0 Å². The number of thioether (sulfide) groups is 1. The van der Waals surface area contributed by atoms with Crippen LogP contribution < -0.4 is 10.1 Å². The topological polar surface area (TPSA) is 55.4 Å². The Morgan fingerprint density at radius 2 is 1.91 bits per heavy atom. The average molecular weight is 350 g/mol. The zero-order chi connectivity index (χ0) is 16.7. The first-order valence-corrected chi connectivity index (χ1v) is 8.47. The molecule has 0 aliphatic carbocycles. The maximum absolute atomic E-state index is 11.9. The van der Waals surface area contributed by atoms with Crippen molar-refractivity contribution in [3.8, 4) is 5.75 Å². The van der Waals surface area contributed by atoms with Gasteiger partial charge in [0.1, 0.15) is 5.75 Å². The highest BCUT2D eigenvalue weighted by atomic mass is 35.5. The number of hydrogen-bond acceptors (Lipinski definition) is 4. The molecule has 0 atom stereocenters. The molecule has 0 fully saturated rings. The number of nitrogens with one attached hydrogen (secondary N) is 1. The summed E-state index contributed by atoms with van der Waals surface area (Å²) in [6.45, 7) is 1.33. The first kappa shape index (κ1) is 17.4. The Morgan fingerprint density at radius 1 is 1.17 bits per heavy atom. The van der Waals surface area contributed by atoms with Crippen molar-refractivity contribution in [2.75, 3.05) is 11.1 Å². The molecular formula is C17H16ClNO3S. The largest absolute Gasteiger partial charge is 0.427 e. The molecule has 0 saturated heterocycles. The fraction of sp³-hybridized carbons (Fsp3) is 0.176. The van der Waals surface area contributed by atoms with Crippen molar-refractivity contribution >= 4 is 40.9 Å². The van der Waals surface area contributed by atoms with E-state index in [1.165, 1.54) is 18.7 Å². The van der Waals surface area contributed by atoms with E-state index in [1.807, 2.05) is 24.3 Å². The number of amides is 1. The number of esters is 1. The molecule has 2 aromatic carbocycles. The van der Waals surface area contributed by atoms with Crippen LogP contribution in [-0.2, 0) is 15.3 Å². The fourth-order valence-electron chi connectivity index (χ4n) is 1.84. The van der Waals surface area contributed by atoms with Gasteiger partial charge in [0.25, 0.3) is 0 Å². The molecule has 0 aliphatic rings. The predicted molar refractivity (Wildman–Crippen MR) is 94.0 cm³/mol. The van der Waals surface area contributed by atoms with Crippen LogP contribution in [0, 0.1) is 0 Å². The minimum Gasteiger partial charge on any atom is -0.427 e. The molecule has 0 heterocycles. The van der Waals surface area contributed by atoms with E-state index in [4.69, 9.17) is 16.3 Å². The number of halogens is 1. The summed E-state index contributed by atoms with van der Waals surface area (Å²) in [6.07, 6.45) is 0. The molecule has 0 saturated carbocycles. The lowest BCUT2D eigenvalue weighted by atomic mass is 10.2. The second-order valence-corrected chi connectivity index (χ2v) is 6.21. The third-order valence-corrected chi connectivity index (χ3v) is 4.05. The van der Waals surface area contributed by atoms with E-state index in [0.29, 0.717) is 22.2 Å². The minimum absolute atomic E-state index is 0.107. The van der Waals surface area contributed by atoms with E-state index in [9.17, 15) is 9.59 Å². The molecule has 1 amide bonds. The smallest absolute Gasteiger partial charge is 0.308 e. The van der Waals surface area contributed by atoms with Gasteiger partial charge in [0, 0.05) is 29.5 Å². The van der Waals surface area contributed by atoms with E-state index < -0.39 is 5.97 Å². The number of anilines is 1. The van der Waals surface area contributed by atoms with Crippen molar-refractivity contribution in [2.24, 2.45) is 0 Å². The highest BCUT2D eigenvalue weighted by molar-refractivity contribution is 7.99. The summed E-state index contributed by atoms with van der Waals surface area (Å²) in [5.74, 6) is 0.971. The van der Waals surface area contributed by atoms with E-state index in [1.54, 1.807) is 24.3 Å². The molecule has 6 heteroatoms. The number of hydrogen-bond donors (Lipinski definition) is 1. The van der Waals surface area contributed by atoms with Gasteiger partial charge in [0.05, 0.1) is 5.75 Å². The number of benzene rings is 2. The molecular weight excluding hydrogens is 334 g/mol. The lowest BCUT2D eigenvalue weighted by Crippen LogP contribution is -2.14. The first-order chi connectivity index (χ1) is 11.0. The minimum atomic E-state index is -0.396. The van der Waals surface area contributed by atoms with Gasteiger partial charge in [-0.2, -0.15) is 0 Å². The molecule has 0 unspecified atom stereocenters. The molecule has 23 heavy (non-hydrogen) atoms. The predicted octanol–water partition coefficient (Wildman–Crippen LogP) is 4.14. The van der Waals surface area contributed by atoms with Crippen molar-refractivity contribution < 1.29 is 14.3 Å². The second kappa shape index (κ2) is 8.60. The van der Waals surface area contributed by atoms with Gasteiger partial charge in [-0.3, -0.25) is 9.59 Å². The third-order valence-electron chi connectivity index (χ3n) is 2.79. The van der Waals surface area contributed by atoms with E-state index in [0.717, 1.165) is 11.3 Å². The maximum atomic E-state index is 11.9. The molecule has 2 aromatic rings. The number of rotatable bonds is 6. The zero-order valence-corrected chi connectivity index (χ0v) is 14.1. The summed E-state index contributed by atoms with van der Waals surface area (Å²) >= 11 is 7.34. The van der Waals surface area contributed by atoms with E-state index in [-0.39, 0.29) is 5.91 Å². The van der Waals surface area contributed by atoms with Crippen LogP contribution in [0.4, 0.5) is 5.69 Å². The van der Waals surface area contributed by atoms with Crippen LogP contribution in [0.5, 0.6) is 5.75 Å². The lowest BCUT2D eigenvalue weighted by Gasteiger charge is -2.07. The molecule has 0 radical (unpaired) electrons. The fourth-order valence-corrected chi connectivity index (χ4v) is 2.76. The van der Waals surface area contributed by atoms with Crippen LogP contribution in [0.15, 0.2) is 48.5 Å². The standard InChI is InChI=1S/C17H16ClNO3S/c1-12(20)22-16-4-2-3-15(9-16)19-17(21)11-23-10-13-5-7-14(18)8-6-13/h2-9H,10-11H2,1H3,(H,19,21). The van der Waals surface area contributed by atoms with Crippen molar-refractivity contribution in [2.45, 2.75) is 12.7 Å². The van der Waals surface area contributed by atoms with Crippen molar-refractivity contribution in [3.05, 3.63) is 59.1 Å². The molecule has 4 nitrogen and oxygen atoms in total. The summed E-state index contributed by atoms with van der Waals surface area (Å²) in [5.41, 5.74) is 1.71. The van der Waals surface area contributed by atoms with E-state index >= 15 is 0 Å². The SMILES string of the molecule is CC(=O)Oc1cccc(NC(=O)CSCc2ccc(Cl)cc2)c1. The normalized spacial score (nSPS) is 10.2.